The first-order valence-electron chi connectivity index (χ1n) is 35.2. The molecule has 0 aromatic rings. The van der Waals surface area contributed by atoms with Gasteiger partial charge in [0.15, 0.2) is 6.29 Å². The molecule has 11 nitrogen and oxygen atoms in total. The minimum absolute atomic E-state index is 0.263. The molecule has 81 heavy (non-hydrogen) atoms. The lowest BCUT2D eigenvalue weighted by Crippen LogP contribution is -2.60. The van der Waals surface area contributed by atoms with Gasteiger partial charge in [-0.3, -0.25) is 4.79 Å². The van der Waals surface area contributed by atoms with Gasteiger partial charge in [-0.1, -0.05) is 327 Å². The summed E-state index contributed by atoms with van der Waals surface area (Å²) in [5.41, 5.74) is 0. The molecule has 11 heteroatoms. The summed E-state index contributed by atoms with van der Waals surface area (Å²) in [5, 5.41) is 76.5. The van der Waals surface area contributed by atoms with Crippen molar-refractivity contribution in [1.82, 2.24) is 5.32 Å². The summed E-state index contributed by atoms with van der Waals surface area (Å²) < 4.78 is 11.2. The van der Waals surface area contributed by atoms with E-state index in [1.165, 1.54) is 263 Å². The number of aliphatic hydroxyl groups excluding tert-OH is 7. The Balaban J connectivity index is 2.18. The third-order valence-electron chi connectivity index (χ3n) is 17.3. The maximum absolute atomic E-state index is 13.3. The molecule has 1 amide bonds. The lowest BCUT2D eigenvalue weighted by atomic mass is 9.98. The molecule has 480 valence electrons. The van der Waals surface area contributed by atoms with Crippen LogP contribution in [0.25, 0.3) is 0 Å². The second kappa shape index (κ2) is 58.9. The van der Waals surface area contributed by atoms with Crippen molar-refractivity contribution >= 4 is 5.91 Å². The maximum Gasteiger partial charge on any atom is 0.249 e. The Labute approximate surface area is 499 Å². The van der Waals surface area contributed by atoms with Crippen LogP contribution in [0.1, 0.15) is 348 Å². The highest BCUT2D eigenvalue weighted by molar-refractivity contribution is 5.80. The second-order valence-corrected chi connectivity index (χ2v) is 25.0. The third kappa shape index (κ3) is 46.5. The van der Waals surface area contributed by atoms with Crippen molar-refractivity contribution in [3.05, 3.63) is 24.3 Å². The van der Waals surface area contributed by atoms with Crippen LogP contribution < -0.4 is 5.32 Å². The topological polar surface area (TPSA) is 189 Å². The molecule has 9 atom stereocenters. The van der Waals surface area contributed by atoms with Gasteiger partial charge in [-0.05, 0) is 44.9 Å². The van der Waals surface area contributed by atoms with Crippen molar-refractivity contribution < 1.29 is 50.0 Å². The van der Waals surface area contributed by atoms with Crippen LogP contribution in [0.15, 0.2) is 24.3 Å². The highest BCUT2D eigenvalue weighted by Crippen LogP contribution is 2.24. The smallest absolute Gasteiger partial charge is 0.249 e. The van der Waals surface area contributed by atoms with E-state index in [1.807, 2.05) is 0 Å². The number of carbonyl (C=O) groups is 1. The molecule has 0 aromatic carbocycles. The molecule has 0 saturated carbocycles. The molecule has 1 aliphatic rings. The molecule has 1 rings (SSSR count). The van der Waals surface area contributed by atoms with Gasteiger partial charge < -0.3 is 50.5 Å². The van der Waals surface area contributed by atoms with Gasteiger partial charge in [-0.15, -0.1) is 0 Å². The quantitative estimate of drug-likeness (QED) is 0.0215. The lowest BCUT2D eigenvalue weighted by molar-refractivity contribution is -0.303. The number of amides is 1. The van der Waals surface area contributed by atoms with Crippen molar-refractivity contribution in [1.29, 1.82) is 0 Å². The fraction of sp³-hybridized carbons (Fsp3) is 0.929. The van der Waals surface area contributed by atoms with E-state index in [0.29, 0.717) is 19.3 Å². The van der Waals surface area contributed by atoms with Crippen molar-refractivity contribution in [3.63, 3.8) is 0 Å². The Bertz CT molecular complexity index is 1370. The first-order valence-corrected chi connectivity index (χ1v) is 35.2. The SMILES string of the molecule is CCCCCCCCCCC/C=C\C/C=C\CCCCCCCCCCCCCCCCCCC(O)C(=O)NC(COC1OC(CO)C(O)C(O)C1O)C(O)C(O)CCCCCCCCCCCCCCCCCCCCCCCC. The average molecular weight is 1150 g/mol. The summed E-state index contributed by atoms with van der Waals surface area (Å²) >= 11 is 0. The van der Waals surface area contributed by atoms with E-state index >= 15 is 0 Å². The predicted octanol–water partition coefficient (Wildman–Crippen LogP) is 16.8. The molecule has 0 spiro atoms. The zero-order valence-electron chi connectivity index (χ0n) is 53.0. The van der Waals surface area contributed by atoms with Crippen LogP contribution in [0, 0.1) is 0 Å². The largest absolute Gasteiger partial charge is 0.394 e. The summed E-state index contributed by atoms with van der Waals surface area (Å²) in [6.45, 7) is 3.51. The van der Waals surface area contributed by atoms with Crippen LogP contribution >= 0.6 is 0 Å². The number of nitrogens with one attached hydrogen (secondary N) is 1. The molecule has 1 aliphatic heterocycles. The molecule has 0 bridgehead atoms. The molecule has 1 heterocycles. The number of hydrogen-bond acceptors (Lipinski definition) is 10. The van der Waals surface area contributed by atoms with Gasteiger partial charge >= 0.3 is 0 Å². The van der Waals surface area contributed by atoms with E-state index < -0.39 is 74.2 Å². The van der Waals surface area contributed by atoms with Crippen LogP contribution in [-0.2, 0) is 14.3 Å². The zero-order valence-corrected chi connectivity index (χ0v) is 53.0. The van der Waals surface area contributed by atoms with Gasteiger partial charge in [0.25, 0.3) is 0 Å². The standard InChI is InChI=1S/C70H135NO10/c1-3-5-7-9-11-13-15-17-19-21-23-25-27-28-29-30-31-32-33-34-35-36-38-40-42-44-46-48-50-52-54-56-58-63(74)69(79)71-61(60-80-70-68(78)67(77)66(76)64(59-72)81-70)65(75)62(73)57-55-53-51-49-47-45-43-41-39-37-26-24-22-20-18-16-14-12-10-8-6-4-2/h23,25,28-29,61-68,70,72-78H,3-22,24,26-27,30-60H2,1-2H3,(H,71,79)/b25-23-,29-28-. The molecule has 8 N–H and O–H groups in total. The van der Waals surface area contributed by atoms with Crippen LogP contribution in [0.3, 0.4) is 0 Å². The van der Waals surface area contributed by atoms with E-state index in [2.05, 4.69) is 43.5 Å². The fourth-order valence-corrected chi connectivity index (χ4v) is 11.6. The first kappa shape index (κ1) is 77.6. The predicted molar refractivity (Wildman–Crippen MR) is 339 cm³/mol. The Morgan fingerprint density at radius 2 is 0.753 bits per heavy atom. The van der Waals surface area contributed by atoms with Gasteiger partial charge in [0, 0.05) is 0 Å². The minimum atomic E-state index is -1.66. The second-order valence-electron chi connectivity index (χ2n) is 25.0. The molecule has 0 radical (unpaired) electrons. The highest BCUT2D eigenvalue weighted by Gasteiger charge is 2.44. The van der Waals surface area contributed by atoms with E-state index in [1.54, 1.807) is 0 Å². The monoisotopic (exact) mass is 1150 g/mol. The molecule has 1 fully saturated rings. The van der Waals surface area contributed by atoms with Crippen molar-refractivity contribution in [2.75, 3.05) is 13.2 Å². The van der Waals surface area contributed by atoms with Gasteiger partial charge in [0.2, 0.25) is 5.91 Å². The lowest BCUT2D eigenvalue weighted by Gasteiger charge is -2.40. The number of hydrogen-bond donors (Lipinski definition) is 8. The Morgan fingerprint density at radius 1 is 0.432 bits per heavy atom. The zero-order chi connectivity index (χ0) is 58.9. The number of rotatable bonds is 62. The van der Waals surface area contributed by atoms with Crippen LogP contribution in [0.5, 0.6) is 0 Å². The van der Waals surface area contributed by atoms with Gasteiger partial charge in [-0.2, -0.15) is 0 Å². The molecule has 0 aliphatic carbocycles. The number of aliphatic hydroxyl groups is 7. The summed E-state index contributed by atoms with van der Waals surface area (Å²) in [5.74, 6) is -0.690. The van der Waals surface area contributed by atoms with E-state index in [0.717, 1.165) is 44.9 Å². The summed E-state index contributed by atoms with van der Waals surface area (Å²) in [6, 6.07) is -1.17. The molecule has 1 saturated heterocycles. The summed E-state index contributed by atoms with van der Waals surface area (Å²) in [4.78, 5) is 13.3. The Hall–Kier alpha value is -1.41. The number of ether oxygens (including phenoxy) is 2. The molecular weight excluding hydrogens is 1010 g/mol. The van der Waals surface area contributed by atoms with Gasteiger partial charge in [0.1, 0.15) is 36.6 Å². The highest BCUT2D eigenvalue weighted by atomic mass is 16.7. The summed E-state index contributed by atoms with van der Waals surface area (Å²) in [7, 11) is 0. The average Bonchev–Trinajstić information content (AvgIpc) is 3.51. The van der Waals surface area contributed by atoms with Crippen molar-refractivity contribution in [2.45, 2.75) is 403 Å². The van der Waals surface area contributed by atoms with Crippen LogP contribution in [0.2, 0.25) is 0 Å². The van der Waals surface area contributed by atoms with Gasteiger partial charge in [-0.25, -0.2) is 0 Å². The summed E-state index contributed by atoms with van der Waals surface area (Å²) in [6.07, 6.45) is 62.5. The Morgan fingerprint density at radius 3 is 1.10 bits per heavy atom. The van der Waals surface area contributed by atoms with Gasteiger partial charge in [0.05, 0.1) is 25.4 Å². The van der Waals surface area contributed by atoms with Crippen molar-refractivity contribution in [2.24, 2.45) is 0 Å². The Kier molecular flexibility index (Phi) is 56.5. The third-order valence-corrected chi connectivity index (χ3v) is 17.3. The van der Waals surface area contributed by atoms with E-state index in [-0.39, 0.29) is 6.42 Å². The van der Waals surface area contributed by atoms with Crippen LogP contribution in [-0.4, -0.2) is 110 Å². The first-order chi connectivity index (χ1) is 39.7. The number of carbonyl (C=O) groups excluding carboxylic acids is 1. The molecule has 9 unspecified atom stereocenters. The minimum Gasteiger partial charge on any atom is -0.394 e. The normalized spacial score (nSPS) is 19.2. The maximum atomic E-state index is 13.3. The van der Waals surface area contributed by atoms with E-state index in [9.17, 15) is 40.5 Å². The molecular formula is C70H135NO10. The van der Waals surface area contributed by atoms with Crippen molar-refractivity contribution in [3.8, 4) is 0 Å². The number of allylic oxidation sites excluding steroid dienone is 4. The van der Waals surface area contributed by atoms with Crippen LogP contribution in [0.4, 0.5) is 0 Å². The molecule has 0 aromatic heterocycles. The van der Waals surface area contributed by atoms with E-state index in [4.69, 9.17) is 9.47 Å². The number of unbranched alkanes of at least 4 members (excludes halogenated alkanes) is 46. The fourth-order valence-electron chi connectivity index (χ4n) is 11.6.